The summed E-state index contributed by atoms with van der Waals surface area (Å²) < 4.78 is 9.83. The molecule has 0 heterocycles. The SMILES string of the molecule is COC(=O)CC[C@H](O)[C@H](Cc1ccccc1)NC(=O)OC(C)(C)C. The van der Waals surface area contributed by atoms with E-state index in [1.807, 2.05) is 30.3 Å². The standard InChI is InChI=1S/C18H27NO5/c1-18(2,3)24-17(22)19-14(12-13-8-6-5-7-9-13)15(20)10-11-16(21)23-4/h5-9,14-15,20H,10-12H2,1-4H3,(H,19,22)/t14-,15-/m0/s1. The third kappa shape index (κ3) is 7.97. The zero-order chi connectivity index (χ0) is 18.2. The summed E-state index contributed by atoms with van der Waals surface area (Å²) in [5, 5.41) is 13.1. The molecule has 1 amide bonds. The number of hydrogen-bond donors (Lipinski definition) is 2. The van der Waals surface area contributed by atoms with Gasteiger partial charge in [-0.3, -0.25) is 4.79 Å². The molecule has 24 heavy (non-hydrogen) atoms. The van der Waals surface area contributed by atoms with Gasteiger partial charge in [0.1, 0.15) is 5.60 Å². The molecular formula is C18H27NO5. The Hall–Kier alpha value is -2.08. The van der Waals surface area contributed by atoms with E-state index in [9.17, 15) is 14.7 Å². The van der Waals surface area contributed by atoms with Gasteiger partial charge in [0.05, 0.1) is 19.3 Å². The number of amides is 1. The summed E-state index contributed by atoms with van der Waals surface area (Å²) in [5.74, 6) is -0.398. The van der Waals surface area contributed by atoms with Crippen LogP contribution >= 0.6 is 0 Å². The quantitative estimate of drug-likeness (QED) is 0.747. The van der Waals surface area contributed by atoms with Gasteiger partial charge in [0, 0.05) is 6.42 Å². The number of hydrogen-bond acceptors (Lipinski definition) is 5. The number of aliphatic hydroxyl groups excluding tert-OH is 1. The molecule has 0 aliphatic carbocycles. The third-order valence-electron chi connectivity index (χ3n) is 3.34. The summed E-state index contributed by atoms with van der Waals surface area (Å²) in [4.78, 5) is 23.3. The first-order valence-corrected chi connectivity index (χ1v) is 7.99. The van der Waals surface area contributed by atoms with Gasteiger partial charge in [0.15, 0.2) is 0 Å². The number of methoxy groups -OCH3 is 1. The predicted molar refractivity (Wildman–Crippen MR) is 90.6 cm³/mol. The molecule has 0 radical (unpaired) electrons. The van der Waals surface area contributed by atoms with Gasteiger partial charge < -0.3 is 19.9 Å². The average Bonchev–Trinajstić information content (AvgIpc) is 2.50. The van der Waals surface area contributed by atoms with Crippen molar-refractivity contribution in [3.8, 4) is 0 Å². The second kappa shape index (κ2) is 9.27. The molecule has 1 rings (SSSR count). The van der Waals surface area contributed by atoms with E-state index in [-0.39, 0.29) is 12.8 Å². The number of carbonyl (C=O) groups is 2. The summed E-state index contributed by atoms with van der Waals surface area (Å²) in [6.07, 6.45) is -0.779. The molecule has 0 aliphatic rings. The van der Waals surface area contributed by atoms with Gasteiger partial charge in [-0.15, -0.1) is 0 Å². The Morgan fingerprint density at radius 2 is 1.83 bits per heavy atom. The van der Waals surface area contributed by atoms with Crippen LogP contribution in [0.3, 0.4) is 0 Å². The molecule has 0 unspecified atom stereocenters. The number of carbonyl (C=O) groups excluding carboxylic acids is 2. The maximum Gasteiger partial charge on any atom is 0.407 e. The number of esters is 1. The van der Waals surface area contributed by atoms with Crippen molar-refractivity contribution in [2.24, 2.45) is 0 Å². The zero-order valence-electron chi connectivity index (χ0n) is 14.7. The maximum atomic E-state index is 12.0. The highest BCUT2D eigenvalue weighted by Crippen LogP contribution is 2.13. The summed E-state index contributed by atoms with van der Waals surface area (Å²) in [6.45, 7) is 5.31. The number of rotatable bonds is 7. The van der Waals surface area contributed by atoms with Crippen LogP contribution in [0.5, 0.6) is 0 Å². The second-order valence-electron chi connectivity index (χ2n) is 6.62. The van der Waals surface area contributed by atoms with Crippen molar-refractivity contribution in [2.45, 2.75) is 57.8 Å². The van der Waals surface area contributed by atoms with Crippen LogP contribution in [-0.2, 0) is 20.7 Å². The van der Waals surface area contributed by atoms with Crippen molar-refractivity contribution in [1.29, 1.82) is 0 Å². The number of benzene rings is 1. The van der Waals surface area contributed by atoms with Crippen LogP contribution in [0.15, 0.2) is 30.3 Å². The second-order valence-corrected chi connectivity index (χ2v) is 6.62. The van der Waals surface area contributed by atoms with E-state index in [1.54, 1.807) is 20.8 Å². The van der Waals surface area contributed by atoms with Crippen molar-refractivity contribution < 1.29 is 24.2 Å². The van der Waals surface area contributed by atoms with E-state index >= 15 is 0 Å². The highest BCUT2D eigenvalue weighted by molar-refractivity contribution is 5.69. The van der Waals surface area contributed by atoms with Crippen LogP contribution in [0, 0.1) is 0 Å². The molecule has 0 fully saturated rings. The maximum absolute atomic E-state index is 12.0. The molecule has 0 saturated heterocycles. The number of alkyl carbamates (subject to hydrolysis) is 1. The molecule has 1 aromatic rings. The minimum atomic E-state index is -0.892. The van der Waals surface area contributed by atoms with Crippen molar-refractivity contribution in [1.82, 2.24) is 5.32 Å². The molecule has 134 valence electrons. The minimum absolute atomic E-state index is 0.0823. The normalized spacial score (nSPS) is 13.7. The molecule has 0 saturated carbocycles. The molecule has 0 aromatic heterocycles. The molecule has 0 spiro atoms. The third-order valence-corrected chi connectivity index (χ3v) is 3.34. The number of aliphatic hydroxyl groups is 1. The fourth-order valence-electron chi connectivity index (χ4n) is 2.18. The van der Waals surface area contributed by atoms with Crippen molar-refractivity contribution >= 4 is 12.1 Å². The molecule has 2 N–H and O–H groups in total. The molecule has 6 nitrogen and oxygen atoms in total. The number of ether oxygens (including phenoxy) is 2. The van der Waals surface area contributed by atoms with E-state index in [0.717, 1.165) is 5.56 Å². The first-order chi connectivity index (χ1) is 11.2. The lowest BCUT2D eigenvalue weighted by Crippen LogP contribution is -2.46. The molecule has 2 atom stereocenters. The van der Waals surface area contributed by atoms with E-state index in [1.165, 1.54) is 7.11 Å². The predicted octanol–water partition coefficient (Wildman–Crippen LogP) is 2.44. The van der Waals surface area contributed by atoms with E-state index in [4.69, 9.17) is 4.74 Å². The van der Waals surface area contributed by atoms with Crippen molar-refractivity contribution in [2.75, 3.05) is 7.11 Å². The van der Waals surface area contributed by atoms with Gasteiger partial charge in [0.2, 0.25) is 0 Å². The van der Waals surface area contributed by atoms with Crippen LogP contribution < -0.4 is 5.32 Å². The Kier molecular flexibility index (Phi) is 7.71. The van der Waals surface area contributed by atoms with Crippen molar-refractivity contribution in [3.63, 3.8) is 0 Å². The van der Waals surface area contributed by atoms with E-state index < -0.39 is 29.8 Å². The van der Waals surface area contributed by atoms with Gasteiger partial charge >= 0.3 is 12.1 Å². The first-order valence-electron chi connectivity index (χ1n) is 7.99. The Morgan fingerprint density at radius 1 is 1.21 bits per heavy atom. The fourth-order valence-corrected chi connectivity index (χ4v) is 2.18. The van der Waals surface area contributed by atoms with Crippen LogP contribution in [-0.4, -0.2) is 42.0 Å². The largest absolute Gasteiger partial charge is 0.469 e. The first kappa shape index (κ1) is 20.0. The van der Waals surface area contributed by atoms with Gasteiger partial charge in [-0.05, 0) is 39.2 Å². The lowest BCUT2D eigenvalue weighted by atomic mass is 9.98. The van der Waals surface area contributed by atoms with Gasteiger partial charge in [-0.2, -0.15) is 0 Å². The number of nitrogens with one attached hydrogen (secondary N) is 1. The lowest BCUT2D eigenvalue weighted by Gasteiger charge is -2.26. The van der Waals surface area contributed by atoms with Gasteiger partial charge in [-0.25, -0.2) is 4.79 Å². The van der Waals surface area contributed by atoms with E-state index in [2.05, 4.69) is 10.1 Å². The smallest absolute Gasteiger partial charge is 0.407 e. The average molecular weight is 337 g/mol. The molecule has 0 bridgehead atoms. The highest BCUT2D eigenvalue weighted by atomic mass is 16.6. The van der Waals surface area contributed by atoms with Crippen LogP contribution in [0.4, 0.5) is 4.79 Å². The summed E-state index contributed by atoms with van der Waals surface area (Å²) in [6, 6.07) is 8.94. The van der Waals surface area contributed by atoms with Gasteiger partial charge in [0.25, 0.3) is 0 Å². The Morgan fingerprint density at radius 3 is 2.38 bits per heavy atom. The Labute approximate surface area is 143 Å². The summed E-state index contributed by atoms with van der Waals surface area (Å²) in [7, 11) is 1.30. The topological polar surface area (TPSA) is 84.9 Å². The zero-order valence-corrected chi connectivity index (χ0v) is 14.7. The summed E-state index contributed by atoms with van der Waals surface area (Å²) in [5.41, 5.74) is 0.342. The Balaban J connectivity index is 2.74. The fraction of sp³-hybridized carbons (Fsp3) is 0.556. The van der Waals surface area contributed by atoms with Crippen molar-refractivity contribution in [3.05, 3.63) is 35.9 Å². The molecule has 6 heteroatoms. The lowest BCUT2D eigenvalue weighted by molar-refractivity contribution is -0.141. The van der Waals surface area contributed by atoms with Crippen LogP contribution in [0.2, 0.25) is 0 Å². The highest BCUT2D eigenvalue weighted by Gasteiger charge is 2.25. The van der Waals surface area contributed by atoms with Crippen LogP contribution in [0.1, 0.15) is 39.2 Å². The van der Waals surface area contributed by atoms with Gasteiger partial charge in [-0.1, -0.05) is 30.3 Å². The monoisotopic (exact) mass is 337 g/mol. The summed E-state index contributed by atoms with van der Waals surface area (Å²) >= 11 is 0. The molecule has 0 aliphatic heterocycles. The van der Waals surface area contributed by atoms with E-state index in [0.29, 0.717) is 6.42 Å². The molecular weight excluding hydrogens is 310 g/mol. The minimum Gasteiger partial charge on any atom is -0.469 e. The Bertz CT molecular complexity index is 524. The van der Waals surface area contributed by atoms with Crippen LogP contribution in [0.25, 0.3) is 0 Å². The molecule has 1 aromatic carbocycles.